The van der Waals surface area contributed by atoms with Crippen molar-refractivity contribution >= 4 is 19.7 Å². The van der Waals surface area contributed by atoms with Gasteiger partial charge in [0.25, 0.3) is 0 Å². The monoisotopic (exact) mass is 226 g/mol. The van der Waals surface area contributed by atoms with Gasteiger partial charge in [-0.1, -0.05) is 5.57 Å². The van der Waals surface area contributed by atoms with Gasteiger partial charge >= 0.3 is 0 Å². The van der Waals surface area contributed by atoms with Crippen LogP contribution in [-0.2, 0) is 19.7 Å². The fourth-order valence-corrected chi connectivity index (χ4v) is 4.62. The van der Waals surface area contributed by atoms with Crippen molar-refractivity contribution in [3.05, 3.63) is 12.2 Å². The van der Waals surface area contributed by atoms with Crippen LogP contribution < -0.4 is 0 Å². The standard InChI is InChI=1S/C7H14O4S2/c1-6(2)5-7(12(3,8)9)13(4,10)11/h7H,1,5H2,2-4H3. The van der Waals surface area contributed by atoms with Gasteiger partial charge in [0.15, 0.2) is 24.3 Å². The lowest BCUT2D eigenvalue weighted by atomic mass is 10.3. The molecule has 0 spiro atoms. The van der Waals surface area contributed by atoms with Gasteiger partial charge in [0.05, 0.1) is 0 Å². The number of hydrogen-bond acceptors (Lipinski definition) is 4. The molecular formula is C7H14O4S2. The topological polar surface area (TPSA) is 68.3 Å². The van der Waals surface area contributed by atoms with E-state index in [1.165, 1.54) is 0 Å². The Kier molecular flexibility index (Phi) is 3.69. The lowest BCUT2D eigenvalue weighted by Gasteiger charge is -2.12. The minimum absolute atomic E-state index is 0.0301. The molecule has 78 valence electrons. The summed E-state index contributed by atoms with van der Waals surface area (Å²) in [6.07, 6.45) is 1.81. The first-order valence-electron chi connectivity index (χ1n) is 3.57. The predicted octanol–water partition coefficient (Wildman–Crippen LogP) is 0.368. The Morgan fingerprint density at radius 2 is 1.46 bits per heavy atom. The summed E-state index contributed by atoms with van der Waals surface area (Å²) in [7, 11) is -7.13. The summed E-state index contributed by atoms with van der Waals surface area (Å²) in [6, 6.07) is 0. The van der Waals surface area contributed by atoms with Crippen molar-refractivity contribution in [1.82, 2.24) is 0 Å². The van der Waals surface area contributed by atoms with Crippen LogP contribution in [0, 0.1) is 0 Å². The molecular weight excluding hydrogens is 212 g/mol. The molecule has 0 fully saturated rings. The van der Waals surface area contributed by atoms with Gasteiger partial charge in [-0.25, -0.2) is 16.8 Å². The lowest BCUT2D eigenvalue weighted by molar-refractivity contribution is 0.580. The molecule has 0 aliphatic carbocycles. The van der Waals surface area contributed by atoms with Gasteiger partial charge in [0.1, 0.15) is 0 Å². The van der Waals surface area contributed by atoms with Crippen LogP contribution in [-0.4, -0.2) is 33.9 Å². The first-order chi connectivity index (χ1) is 5.55. The summed E-state index contributed by atoms with van der Waals surface area (Å²) in [6.45, 7) is 5.09. The number of allylic oxidation sites excluding steroid dienone is 1. The molecule has 0 aromatic carbocycles. The molecule has 0 aromatic heterocycles. The fraction of sp³-hybridized carbons (Fsp3) is 0.714. The van der Waals surface area contributed by atoms with Gasteiger partial charge in [-0.3, -0.25) is 0 Å². The maximum atomic E-state index is 11.1. The molecule has 0 unspecified atom stereocenters. The van der Waals surface area contributed by atoms with Crippen molar-refractivity contribution in [2.24, 2.45) is 0 Å². The summed E-state index contributed by atoms with van der Waals surface area (Å²) in [5.41, 5.74) is 0.542. The van der Waals surface area contributed by atoms with E-state index < -0.39 is 24.3 Å². The fourth-order valence-electron chi connectivity index (χ4n) is 0.905. The molecule has 6 heteroatoms. The second-order valence-electron chi connectivity index (χ2n) is 3.25. The molecule has 13 heavy (non-hydrogen) atoms. The molecule has 0 aliphatic rings. The van der Waals surface area contributed by atoms with Crippen molar-refractivity contribution in [2.45, 2.75) is 17.9 Å². The van der Waals surface area contributed by atoms with Crippen LogP contribution in [0.3, 0.4) is 0 Å². The van der Waals surface area contributed by atoms with E-state index in [1.54, 1.807) is 6.92 Å². The highest BCUT2D eigenvalue weighted by Gasteiger charge is 2.30. The Labute approximate surface area is 79.5 Å². The van der Waals surface area contributed by atoms with Crippen LogP contribution in [0.25, 0.3) is 0 Å². The van der Waals surface area contributed by atoms with Crippen LogP contribution in [0.2, 0.25) is 0 Å². The Morgan fingerprint density at radius 1 is 1.15 bits per heavy atom. The summed E-state index contributed by atoms with van der Waals surface area (Å²) in [5.74, 6) is 0. The van der Waals surface area contributed by atoms with Gasteiger partial charge < -0.3 is 0 Å². The van der Waals surface area contributed by atoms with Crippen LogP contribution in [0.15, 0.2) is 12.2 Å². The van der Waals surface area contributed by atoms with Crippen molar-refractivity contribution < 1.29 is 16.8 Å². The molecule has 0 atom stereocenters. The van der Waals surface area contributed by atoms with E-state index in [1.807, 2.05) is 0 Å². The molecule has 4 nitrogen and oxygen atoms in total. The highest BCUT2D eigenvalue weighted by molar-refractivity contribution is 8.08. The highest BCUT2D eigenvalue weighted by Crippen LogP contribution is 2.15. The van der Waals surface area contributed by atoms with Crippen LogP contribution >= 0.6 is 0 Å². The zero-order valence-corrected chi connectivity index (χ0v) is 9.57. The minimum Gasteiger partial charge on any atom is -0.228 e. The Balaban J connectivity index is 5.15. The van der Waals surface area contributed by atoms with E-state index in [0.29, 0.717) is 5.57 Å². The van der Waals surface area contributed by atoms with Crippen molar-refractivity contribution in [3.63, 3.8) is 0 Å². The number of sulfone groups is 2. The summed E-state index contributed by atoms with van der Waals surface area (Å²) in [5, 5.41) is 0. The summed E-state index contributed by atoms with van der Waals surface area (Å²) < 4.78 is 43.0. The van der Waals surface area contributed by atoms with E-state index in [0.717, 1.165) is 12.5 Å². The first-order valence-corrected chi connectivity index (χ1v) is 7.48. The third-order valence-corrected chi connectivity index (χ3v) is 5.81. The van der Waals surface area contributed by atoms with Crippen molar-refractivity contribution in [3.8, 4) is 0 Å². The van der Waals surface area contributed by atoms with E-state index in [-0.39, 0.29) is 6.42 Å². The molecule has 0 heterocycles. The van der Waals surface area contributed by atoms with Crippen LogP contribution in [0.4, 0.5) is 0 Å². The molecule has 0 amide bonds. The normalized spacial score (nSPS) is 13.2. The van der Waals surface area contributed by atoms with Gasteiger partial charge in [0, 0.05) is 12.5 Å². The molecule has 0 aromatic rings. The summed E-state index contributed by atoms with van der Waals surface area (Å²) >= 11 is 0. The largest absolute Gasteiger partial charge is 0.228 e. The maximum Gasteiger partial charge on any atom is 0.166 e. The quantitative estimate of drug-likeness (QED) is 0.649. The van der Waals surface area contributed by atoms with E-state index >= 15 is 0 Å². The predicted molar refractivity (Wildman–Crippen MR) is 52.9 cm³/mol. The smallest absolute Gasteiger partial charge is 0.166 e. The average molecular weight is 226 g/mol. The van der Waals surface area contributed by atoms with Crippen molar-refractivity contribution in [2.75, 3.05) is 12.5 Å². The molecule has 0 bridgehead atoms. The Morgan fingerprint density at radius 3 is 1.54 bits per heavy atom. The molecule has 0 rings (SSSR count). The highest BCUT2D eigenvalue weighted by atomic mass is 32.3. The lowest BCUT2D eigenvalue weighted by Crippen LogP contribution is -2.28. The molecule has 0 saturated carbocycles. The van der Waals surface area contributed by atoms with E-state index in [2.05, 4.69) is 6.58 Å². The molecule has 0 aliphatic heterocycles. The van der Waals surface area contributed by atoms with Gasteiger partial charge in [-0.15, -0.1) is 6.58 Å². The first kappa shape index (κ1) is 12.6. The SMILES string of the molecule is C=C(C)CC(S(C)(=O)=O)S(C)(=O)=O. The number of rotatable bonds is 4. The second kappa shape index (κ2) is 3.79. The Bertz CT molecular complexity index is 356. The van der Waals surface area contributed by atoms with Gasteiger partial charge in [0.2, 0.25) is 0 Å². The molecule has 0 radical (unpaired) electrons. The van der Waals surface area contributed by atoms with E-state index in [9.17, 15) is 16.8 Å². The summed E-state index contributed by atoms with van der Waals surface area (Å²) in [4.78, 5) is 0. The number of hydrogen-bond donors (Lipinski definition) is 0. The zero-order chi connectivity index (χ0) is 10.9. The minimum atomic E-state index is -3.57. The Hall–Kier alpha value is -0.360. The van der Waals surface area contributed by atoms with Crippen LogP contribution in [0.5, 0.6) is 0 Å². The molecule has 0 saturated heterocycles. The third kappa shape index (κ3) is 4.42. The van der Waals surface area contributed by atoms with Gasteiger partial charge in [-0.05, 0) is 13.3 Å². The molecule has 0 N–H and O–H groups in total. The average Bonchev–Trinajstić information content (AvgIpc) is 1.77. The van der Waals surface area contributed by atoms with Gasteiger partial charge in [-0.2, -0.15) is 0 Å². The third-order valence-electron chi connectivity index (χ3n) is 1.47. The van der Waals surface area contributed by atoms with Crippen LogP contribution in [0.1, 0.15) is 13.3 Å². The van der Waals surface area contributed by atoms with E-state index in [4.69, 9.17) is 0 Å². The zero-order valence-electron chi connectivity index (χ0n) is 7.94. The second-order valence-corrected chi connectivity index (χ2v) is 8.00. The van der Waals surface area contributed by atoms with Crippen molar-refractivity contribution in [1.29, 1.82) is 0 Å². The maximum absolute atomic E-state index is 11.1.